The van der Waals surface area contributed by atoms with Gasteiger partial charge < -0.3 is 15.0 Å². The molecule has 1 N–H and O–H groups in total. The van der Waals surface area contributed by atoms with Crippen LogP contribution in [0.2, 0.25) is 0 Å². The topological polar surface area (TPSA) is 71.5 Å². The fourth-order valence-electron chi connectivity index (χ4n) is 3.36. The summed E-state index contributed by atoms with van der Waals surface area (Å²) in [5.41, 5.74) is 2.26. The first-order valence-electron chi connectivity index (χ1n) is 8.88. The molecule has 0 saturated carbocycles. The Morgan fingerprint density at radius 1 is 1.25 bits per heavy atom. The van der Waals surface area contributed by atoms with Gasteiger partial charge >= 0.3 is 0 Å². The van der Waals surface area contributed by atoms with Crippen molar-refractivity contribution >= 4 is 11.8 Å². The van der Waals surface area contributed by atoms with Gasteiger partial charge in [-0.15, -0.1) is 0 Å². The van der Waals surface area contributed by atoms with E-state index in [-0.39, 0.29) is 18.4 Å². The summed E-state index contributed by atoms with van der Waals surface area (Å²) in [6, 6.07) is 1.84. The second kappa shape index (κ2) is 8.13. The maximum atomic E-state index is 11.9. The van der Waals surface area contributed by atoms with Gasteiger partial charge in [0.25, 0.3) is 5.91 Å². The molecule has 130 valence electrons. The second-order valence-corrected chi connectivity index (χ2v) is 6.42. The minimum atomic E-state index is -0.121. The highest BCUT2D eigenvalue weighted by atomic mass is 16.5. The van der Waals surface area contributed by atoms with Gasteiger partial charge in [0.1, 0.15) is 5.75 Å². The van der Waals surface area contributed by atoms with E-state index in [1.807, 2.05) is 11.0 Å². The Morgan fingerprint density at radius 2 is 2.12 bits per heavy atom. The van der Waals surface area contributed by atoms with Crippen molar-refractivity contribution in [1.82, 2.24) is 15.2 Å². The number of amides is 2. The minimum Gasteiger partial charge on any atom is -0.483 e. The summed E-state index contributed by atoms with van der Waals surface area (Å²) in [4.78, 5) is 29.7. The van der Waals surface area contributed by atoms with E-state index in [1.54, 1.807) is 6.20 Å². The number of carbonyl (C=O) groups excluding carboxylic acids is 2. The maximum absolute atomic E-state index is 11.9. The molecule has 0 atom stereocenters. The number of hydrogen-bond donors (Lipinski definition) is 1. The van der Waals surface area contributed by atoms with Crippen LogP contribution in [-0.2, 0) is 22.4 Å². The molecule has 1 fully saturated rings. The normalized spacial score (nSPS) is 16.8. The number of nitrogens with zero attached hydrogens (tertiary/aromatic N) is 2. The molecule has 3 rings (SSSR count). The predicted octanol–water partition coefficient (Wildman–Crippen LogP) is 1.47. The highest BCUT2D eigenvalue weighted by molar-refractivity contribution is 5.78. The number of ether oxygens (including phenoxy) is 1. The summed E-state index contributed by atoms with van der Waals surface area (Å²) in [7, 11) is 0. The Morgan fingerprint density at radius 3 is 2.96 bits per heavy atom. The Kier molecular flexibility index (Phi) is 5.67. The first-order chi connectivity index (χ1) is 11.7. The minimum absolute atomic E-state index is 0.0269. The fourth-order valence-corrected chi connectivity index (χ4v) is 3.36. The van der Waals surface area contributed by atoms with E-state index >= 15 is 0 Å². The third-order valence-corrected chi connectivity index (χ3v) is 4.65. The number of pyridine rings is 1. The molecule has 0 bridgehead atoms. The quantitative estimate of drug-likeness (QED) is 0.768. The summed E-state index contributed by atoms with van der Waals surface area (Å²) in [6.45, 7) is 2.17. The Bertz CT molecular complexity index is 603. The first kappa shape index (κ1) is 16.7. The van der Waals surface area contributed by atoms with Gasteiger partial charge in [0.05, 0.1) is 0 Å². The van der Waals surface area contributed by atoms with Gasteiger partial charge in [0.15, 0.2) is 6.61 Å². The highest BCUT2D eigenvalue weighted by Crippen LogP contribution is 2.27. The second-order valence-electron chi connectivity index (χ2n) is 6.42. The summed E-state index contributed by atoms with van der Waals surface area (Å²) in [5, 5.41) is 2.85. The molecular formula is C18H25N3O3. The fraction of sp³-hybridized carbons (Fsp3) is 0.611. The van der Waals surface area contributed by atoms with E-state index in [1.165, 1.54) is 6.42 Å². The average Bonchev–Trinajstić information content (AvgIpc) is 3.02. The number of rotatable bonds is 7. The summed E-state index contributed by atoms with van der Waals surface area (Å²) in [5.74, 6) is 0.897. The van der Waals surface area contributed by atoms with Crippen molar-refractivity contribution in [3.8, 4) is 5.75 Å². The molecule has 0 radical (unpaired) electrons. The zero-order chi connectivity index (χ0) is 16.8. The van der Waals surface area contributed by atoms with Crippen LogP contribution in [0.4, 0.5) is 0 Å². The molecule has 6 heteroatoms. The number of aryl methyl sites for hydroxylation is 1. The molecule has 6 nitrogen and oxygen atoms in total. The van der Waals surface area contributed by atoms with Crippen molar-refractivity contribution in [3.63, 3.8) is 0 Å². The number of hydrogen-bond acceptors (Lipinski definition) is 4. The van der Waals surface area contributed by atoms with E-state index in [9.17, 15) is 9.59 Å². The predicted molar refractivity (Wildman–Crippen MR) is 89.8 cm³/mol. The van der Waals surface area contributed by atoms with E-state index in [0.717, 1.165) is 62.2 Å². The smallest absolute Gasteiger partial charge is 0.257 e. The Balaban J connectivity index is 1.37. The summed E-state index contributed by atoms with van der Waals surface area (Å²) in [6.07, 6.45) is 8.44. The number of fused-ring (bicyclic) bond motifs is 1. The molecule has 1 saturated heterocycles. The van der Waals surface area contributed by atoms with E-state index in [2.05, 4.69) is 10.3 Å². The zero-order valence-electron chi connectivity index (χ0n) is 14.1. The van der Waals surface area contributed by atoms with Gasteiger partial charge in [-0.2, -0.15) is 0 Å². The van der Waals surface area contributed by atoms with Crippen LogP contribution in [0.25, 0.3) is 0 Å². The Hall–Kier alpha value is -2.11. The largest absolute Gasteiger partial charge is 0.483 e. The molecule has 0 unspecified atom stereocenters. The maximum Gasteiger partial charge on any atom is 0.257 e. The lowest BCUT2D eigenvalue weighted by Gasteiger charge is -2.18. The Labute approximate surface area is 142 Å². The molecule has 1 aliphatic heterocycles. The van der Waals surface area contributed by atoms with Crippen molar-refractivity contribution in [1.29, 1.82) is 0 Å². The van der Waals surface area contributed by atoms with Crippen LogP contribution >= 0.6 is 0 Å². The van der Waals surface area contributed by atoms with Gasteiger partial charge in [0.2, 0.25) is 5.91 Å². The van der Waals surface area contributed by atoms with Gasteiger partial charge in [0, 0.05) is 43.5 Å². The van der Waals surface area contributed by atoms with Gasteiger partial charge in [-0.25, -0.2) is 0 Å². The molecular weight excluding hydrogens is 306 g/mol. The molecule has 2 aliphatic rings. The standard InChI is InChI=1S/C18H25N3O3/c22-17(20-9-4-12-21-11-3-7-18(21)23)13-24-16-8-10-19-15-6-2-1-5-14(15)16/h8,10H,1-7,9,11-13H2,(H,20,22). The molecule has 1 aromatic heterocycles. The molecule has 24 heavy (non-hydrogen) atoms. The number of aromatic nitrogens is 1. The van der Waals surface area contributed by atoms with E-state index in [4.69, 9.17) is 4.74 Å². The lowest BCUT2D eigenvalue weighted by atomic mass is 9.95. The van der Waals surface area contributed by atoms with Crippen LogP contribution in [0.5, 0.6) is 5.75 Å². The molecule has 0 aromatic carbocycles. The van der Waals surface area contributed by atoms with Crippen LogP contribution in [-0.4, -0.2) is 47.9 Å². The van der Waals surface area contributed by atoms with Crippen LogP contribution in [0.3, 0.4) is 0 Å². The molecule has 1 aliphatic carbocycles. The average molecular weight is 331 g/mol. The van der Waals surface area contributed by atoms with E-state index < -0.39 is 0 Å². The monoisotopic (exact) mass is 331 g/mol. The molecule has 2 heterocycles. The van der Waals surface area contributed by atoms with Gasteiger partial charge in [-0.1, -0.05) is 0 Å². The number of nitrogens with one attached hydrogen (secondary N) is 1. The van der Waals surface area contributed by atoms with Crippen LogP contribution < -0.4 is 10.1 Å². The lowest BCUT2D eigenvalue weighted by molar-refractivity contribution is -0.127. The molecule has 1 aromatic rings. The zero-order valence-corrected chi connectivity index (χ0v) is 14.1. The first-order valence-corrected chi connectivity index (χ1v) is 8.88. The summed E-state index contributed by atoms with van der Waals surface area (Å²) >= 11 is 0. The SMILES string of the molecule is O=C(COc1ccnc2c1CCCC2)NCCCN1CCCC1=O. The van der Waals surface area contributed by atoms with Crippen molar-refractivity contribution in [2.24, 2.45) is 0 Å². The third kappa shape index (κ3) is 4.24. The van der Waals surface area contributed by atoms with Gasteiger partial charge in [-0.3, -0.25) is 14.6 Å². The van der Waals surface area contributed by atoms with Crippen molar-refractivity contribution in [2.45, 2.75) is 44.9 Å². The lowest BCUT2D eigenvalue weighted by Crippen LogP contribution is -2.33. The number of likely N-dealkylation sites (tertiary alicyclic amines) is 1. The highest BCUT2D eigenvalue weighted by Gasteiger charge is 2.19. The van der Waals surface area contributed by atoms with Gasteiger partial charge in [-0.05, 0) is 44.6 Å². The summed E-state index contributed by atoms with van der Waals surface area (Å²) < 4.78 is 5.70. The van der Waals surface area contributed by atoms with Crippen molar-refractivity contribution in [2.75, 3.05) is 26.2 Å². The molecule has 2 amide bonds. The number of carbonyl (C=O) groups is 2. The van der Waals surface area contributed by atoms with Crippen LogP contribution in [0.1, 0.15) is 43.4 Å². The van der Waals surface area contributed by atoms with Crippen molar-refractivity contribution in [3.05, 3.63) is 23.5 Å². The molecule has 0 spiro atoms. The van der Waals surface area contributed by atoms with E-state index in [0.29, 0.717) is 13.0 Å². The van der Waals surface area contributed by atoms with Crippen LogP contribution in [0.15, 0.2) is 12.3 Å². The third-order valence-electron chi connectivity index (χ3n) is 4.65. The van der Waals surface area contributed by atoms with Crippen molar-refractivity contribution < 1.29 is 14.3 Å². The van der Waals surface area contributed by atoms with Crippen LogP contribution in [0, 0.1) is 0 Å².